The van der Waals surface area contributed by atoms with Crippen LogP contribution >= 0.6 is 0 Å². The van der Waals surface area contributed by atoms with Gasteiger partial charge in [0.05, 0.1) is 11.0 Å². The highest BCUT2D eigenvalue weighted by atomic mass is 14.7. The molecule has 0 spiro atoms. The van der Waals surface area contributed by atoms with Crippen LogP contribution < -0.4 is 0 Å². The van der Waals surface area contributed by atoms with Gasteiger partial charge in [0.15, 0.2) is 0 Å². The van der Waals surface area contributed by atoms with Crippen molar-refractivity contribution in [2.75, 3.05) is 0 Å². The largest absolute Gasteiger partial charge is 0.256 e. The van der Waals surface area contributed by atoms with Crippen LogP contribution in [-0.2, 0) is 0 Å². The fourth-order valence-corrected chi connectivity index (χ4v) is 2.84. The summed E-state index contributed by atoms with van der Waals surface area (Å²) in [5.74, 6) is 0. The van der Waals surface area contributed by atoms with Crippen LogP contribution in [0, 0.1) is 6.92 Å². The smallest absolute Gasteiger partial charge is 0.0805 e. The number of benzene rings is 2. The molecular weight excluding hydrogens is 232 g/mol. The van der Waals surface area contributed by atoms with Crippen LogP contribution in [0.3, 0.4) is 0 Å². The van der Waals surface area contributed by atoms with E-state index >= 15 is 0 Å². The Kier molecular flexibility index (Phi) is 2.06. The molecule has 2 heterocycles. The van der Waals surface area contributed by atoms with E-state index in [-0.39, 0.29) is 0 Å². The second-order valence-electron chi connectivity index (χ2n) is 4.80. The molecule has 2 heteroatoms. The van der Waals surface area contributed by atoms with Gasteiger partial charge in [-0.2, -0.15) is 0 Å². The zero-order valence-electron chi connectivity index (χ0n) is 10.6. The molecule has 0 fully saturated rings. The Morgan fingerprint density at radius 1 is 0.684 bits per heavy atom. The van der Waals surface area contributed by atoms with Gasteiger partial charge in [0.25, 0.3) is 0 Å². The van der Waals surface area contributed by atoms with Crippen molar-refractivity contribution in [1.82, 2.24) is 9.97 Å². The molecule has 0 radical (unpaired) electrons. The van der Waals surface area contributed by atoms with Crippen LogP contribution in [0.5, 0.6) is 0 Å². The average Bonchev–Trinajstić information content (AvgIpc) is 2.47. The van der Waals surface area contributed by atoms with Gasteiger partial charge in [-0.25, -0.2) is 0 Å². The molecule has 4 aromatic rings. The van der Waals surface area contributed by atoms with Crippen molar-refractivity contribution in [2.45, 2.75) is 6.92 Å². The number of aromatic nitrogens is 2. The fourth-order valence-electron chi connectivity index (χ4n) is 2.84. The van der Waals surface area contributed by atoms with Crippen LogP contribution in [0.2, 0.25) is 0 Å². The Hall–Kier alpha value is -2.48. The summed E-state index contributed by atoms with van der Waals surface area (Å²) in [6, 6.07) is 14.6. The predicted octanol–water partition coefficient (Wildman–Crippen LogP) is 4.24. The van der Waals surface area contributed by atoms with Gasteiger partial charge < -0.3 is 0 Å². The molecular formula is C17H12N2. The summed E-state index contributed by atoms with van der Waals surface area (Å²) in [4.78, 5) is 9.13. The Morgan fingerprint density at radius 3 is 2.21 bits per heavy atom. The number of fused-ring (bicyclic) bond motifs is 6. The number of aryl methyl sites for hydroxylation is 1. The standard InChI is InChI=1S/C17H12N2/c1-11-5-2-6-12-13-7-3-9-18-16(13)14-8-4-10-19-17(14)15(11)12/h2-10H,1H3. The summed E-state index contributed by atoms with van der Waals surface area (Å²) in [7, 11) is 0. The second kappa shape index (κ2) is 3.75. The molecule has 0 aliphatic rings. The lowest BCUT2D eigenvalue weighted by molar-refractivity contribution is 1.40. The molecule has 0 bridgehead atoms. The maximum absolute atomic E-state index is 4.58. The van der Waals surface area contributed by atoms with Crippen molar-refractivity contribution in [3.8, 4) is 0 Å². The summed E-state index contributed by atoms with van der Waals surface area (Å²) < 4.78 is 0. The predicted molar refractivity (Wildman–Crippen MR) is 79.3 cm³/mol. The maximum atomic E-state index is 4.58. The first-order chi connectivity index (χ1) is 9.36. The topological polar surface area (TPSA) is 25.8 Å². The minimum Gasteiger partial charge on any atom is -0.256 e. The van der Waals surface area contributed by atoms with Crippen molar-refractivity contribution in [2.24, 2.45) is 0 Å². The van der Waals surface area contributed by atoms with E-state index in [1.54, 1.807) is 0 Å². The van der Waals surface area contributed by atoms with Gasteiger partial charge >= 0.3 is 0 Å². The van der Waals surface area contributed by atoms with Crippen LogP contribution in [0.1, 0.15) is 5.56 Å². The van der Waals surface area contributed by atoms with E-state index in [0.717, 1.165) is 16.4 Å². The van der Waals surface area contributed by atoms with E-state index in [4.69, 9.17) is 0 Å². The SMILES string of the molecule is Cc1cccc2c3cccnc3c3cccnc3c12. The van der Waals surface area contributed by atoms with Crippen LogP contribution in [0.4, 0.5) is 0 Å². The lowest BCUT2D eigenvalue weighted by atomic mass is 9.97. The Morgan fingerprint density at radius 2 is 1.37 bits per heavy atom. The third kappa shape index (κ3) is 1.37. The molecule has 2 aromatic heterocycles. The van der Waals surface area contributed by atoms with E-state index in [9.17, 15) is 0 Å². The van der Waals surface area contributed by atoms with Gasteiger partial charge in [0.2, 0.25) is 0 Å². The van der Waals surface area contributed by atoms with Gasteiger partial charge in [-0.3, -0.25) is 9.97 Å². The number of nitrogens with zero attached hydrogens (tertiary/aromatic N) is 2. The molecule has 0 saturated heterocycles. The first-order valence-electron chi connectivity index (χ1n) is 6.37. The minimum absolute atomic E-state index is 1.03. The van der Waals surface area contributed by atoms with E-state index < -0.39 is 0 Å². The van der Waals surface area contributed by atoms with Crippen LogP contribution in [0.25, 0.3) is 32.6 Å². The molecule has 0 saturated carbocycles. The van der Waals surface area contributed by atoms with Gasteiger partial charge in [-0.1, -0.05) is 24.3 Å². The maximum Gasteiger partial charge on any atom is 0.0805 e. The highest BCUT2D eigenvalue weighted by Crippen LogP contribution is 2.33. The summed E-state index contributed by atoms with van der Waals surface area (Å²) in [5.41, 5.74) is 3.33. The van der Waals surface area contributed by atoms with Crippen LogP contribution in [0.15, 0.2) is 54.9 Å². The lowest BCUT2D eigenvalue weighted by Crippen LogP contribution is -1.89. The minimum atomic E-state index is 1.03. The fraction of sp³-hybridized carbons (Fsp3) is 0.0588. The summed E-state index contributed by atoms with van der Waals surface area (Å²) in [5, 5.41) is 4.79. The Balaban J connectivity index is 2.48. The molecule has 19 heavy (non-hydrogen) atoms. The van der Waals surface area contributed by atoms with E-state index in [1.165, 1.54) is 21.7 Å². The molecule has 0 amide bonds. The molecule has 0 N–H and O–H groups in total. The number of hydrogen-bond acceptors (Lipinski definition) is 2. The quantitative estimate of drug-likeness (QED) is 0.432. The summed E-state index contributed by atoms with van der Waals surface area (Å²) >= 11 is 0. The van der Waals surface area contributed by atoms with Crippen molar-refractivity contribution >= 4 is 32.6 Å². The monoisotopic (exact) mass is 244 g/mol. The van der Waals surface area contributed by atoms with Gasteiger partial charge in [-0.15, -0.1) is 0 Å². The number of rotatable bonds is 0. The molecule has 4 rings (SSSR count). The molecule has 0 aliphatic heterocycles. The molecule has 0 aliphatic carbocycles. The zero-order valence-corrected chi connectivity index (χ0v) is 10.6. The first-order valence-corrected chi connectivity index (χ1v) is 6.37. The van der Waals surface area contributed by atoms with E-state index in [0.29, 0.717) is 0 Å². The van der Waals surface area contributed by atoms with Crippen molar-refractivity contribution < 1.29 is 0 Å². The third-order valence-corrected chi connectivity index (χ3v) is 3.67. The average molecular weight is 244 g/mol. The lowest BCUT2D eigenvalue weighted by Gasteiger charge is -2.10. The van der Waals surface area contributed by atoms with E-state index in [2.05, 4.69) is 47.2 Å². The first kappa shape index (κ1) is 10.4. The Bertz CT molecular complexity index is 881. The molecule has 90 valence electrons. The van der Waals surface area contributed by atoms with Gasteiger partial charge in [0, 0.05) is 28.6 Å². The normalized spacial score (nSPS) is 11.4. The van der Waals surface area contributed by atoms with Gasteiger partial charge in [0.1, 0.15) is 0 Å². The highest BCUT2D eigenvalue weighted by molar-refractivity contribution is 6.23. The number of pyridine rings is 2. The molecule has 0 unspecified atom stereocenters. The van der Waals surface area contributed by atoms with Crippen molar-refractivity contribution in [3.05, 3.63) is 60.4 Å². The van der Waals surface area contributed by atoms with Crippen LogP contribution in [-0.4, -0.2) is 9.97 Å². The molecule has 2 nitrogen and oxygen atoms in total. The molecule has 0 atom stereocenters. The molecule has 2 aromatic carbocycles. The Labute approximate surface area is 110 Å². The van der Waals surface area contributed by atoms with Gasteiger partial charge in [-0.05, 0) is 36.1 Å². The van der Waals surface area contributed by atoms with Crippen molar-refractivity contribution in [1.29, 1.82) is 0 Å². The van der Waals surface area contributed by atoms with E-state index in [1.807, 2.05) is 24.5 Å². The van der Waals surface area contributed by atoms with Crippen molar-refractivity contribution in [3.63, 3.8) is 0 Å². The summed E-state index contributed by atoms with van der Waals surface area (Å²) in [6.45, 7) is 2.14. The highest BCUT2D eigenvalue weighted by Gasteiger charge is 2.10. The second-order valence-corrected chi connectivity index (χ2v) is 4.80. The summed E-state index contributed by atoms with van der Waals surface area (Å²) in [6.07, 6.45) is 3.69. The third-order valence-electron chi connectivity index (χ3n) is 3.67. The zero-order chi connectivity index (χ0) is 12.8. The number of hydrogen-bond donors (Lipinski definition) is 0.